The van der Waals surface area contributed by atoms with Gasteiger partial charge >= 0.3 is 0 Å². The Balaban J connectivity index is 2.16. The Kier molecular flexibility index (Phi) is 6.33. The summed E-state index contributed by atoms with van der Waals surface area (Å²) < 4.78 is 51.3. The molecule has 0 aromatic heterocycles. The summed E-state index contributed by atoms with van der Waals surface area (Å²) in [5.41, 5.74) is 0.834. The van der Waals surface area contributed by atoms with Crippen molar-refractivity contribution >= 4 is 22.2 Å². The van der Waals surface area contributed by atoms with Crippen LogP contribution in [-0.2, 0) is 10.8 Å². The number of hydrogen-bond acceptors (Lipinski definition) is 5. The van der Waals surface area contributed by atoms with E-state index in [1.807, 2.05) is 19.1 Å². The number of aryl methyl sites for hydroxylation is 1. The molecule has 1 atom stereocenters. The fourth-order valence-electron chi connectivity index (χ4n) is 2.58. The molecule has 1 unspecified atom stereocenters. The number of halogens is 2. The van der Waals surface area contributed by atoms with Crippen molar-refractivity contribution in [2.24, 2.45) is 10.2 Å². The second-order valence-electron chi connectivity index (χ2n) is 6.03. The normalized spacial score (nSPS) is 12.2. The summed E-state index contributed by atoms with van der Waals surface area (Å²) in [5.74, 6) is -0.820. The van der Waals surface area contributed by atoms with E-state index in [2.05, 4.69) is 10.2 Å². The van der Waals surface area contributed by atoms with Crippen LogP contribution in [0.5, 0.6) is 11.5 Å². The monoisotopic (exact) mass is 416 g/mol. The molecule has 0 fully saturated rings. The van der Waals surface area contributed by atoms with E-state index >= 15 is 0 Å². The maximum atomic E-state index is 13.9. The molecule has 0 bridgehead atoms. The molecule has 0 saturated carbocycles. The lowest BCUT2D eigenvalue weighted by Gasteiger charge is -2.14. The van der Waals surface area contributed by atoms with Crippen LogP contribution >= 0.6 is 0 Å². The predicted molar refractivity (Wildman–Crippen MR) is 106 cm³/mol. The molecular weight excluding hydrogens is 398 g/mol. The van der Waals surface area contributed by atoms with Gasteiger partial charge < -0.3 is 9.47 Å². The Morgan fingerprint density at radius 2 is 1.52 bits per heavy atom. The number of azo groups is 1. The van der Waals surface area contributed by atoms with Crippen LogP contribution in [0.1, 0.15) is 5.56 Å². The average molecular weight is 416 g/mol. The van der Waals surface area contributed by atoms with E-state index < -0.39 is 22.4 Å². The highest BCUT2D eigenvalue weighted by atomic mass is 32.2. The minimum Gasteiger partial charge on any atom is -0.495 e. The van der Waals surface area contributed by atoms with E-state index in [0.717, 1.165) is 23.8 Å². The summed E-state index contributed by atoms with van der Waals surface area (Å²) in [7, 11) is 1.17. The van der Waals surface area contributed by atoms with E-state index in [9.17, 15) is 13.0 Å². The molecule has 0 aliphatic rings. The van der Waals surface area contributed by atoms with Crippen LogP contribution in [0, 0.1) is 18.6 Å². The zero-order valence-corrected chi connectivity index (χ0v) is 16.8. The van der Waals surface area contributed by atoms with E-state index in [-0.39, 0.29) is 22.0 Å². The van der Waals surface area contributed by atoms with Crippen molar-refractivity contribution in [3.05, 3.63) is 71.8 Å². The molecule has 3 rings (SSSR count). The van der Waals surface area contributed by atoms with Crippen molar-refractivity contribution in [1.29, 1.82) is 0 Å². The molecule has 3 aromatic rings. The zero-order valence-electron chi connectivity index (χ0n) is 16.0. The van der Waals surface area contributed by atoms with Crippen molar-refractivity contribution < 1.29 is 22.5 Å². The van der Waals surface area contributed by atoms with Crippen LogP contribution in [0.2, 0.25) is 0 Å². The quantitative estimate of drug-likeness (QED) is 0.472. The molecule has 29 heavy (non-hydrogen) atoms. The van der Waals surface area contributed by atoms with E-state index in [1.54, 1.807) is 24.3 Å². The highest BCUT2D eigenvalue weighted by molar-refractivity contribution is 7.85. The van der Waals surface area contributed by atoms with Crippen LogP contribution in [0.3, 0.4) is 0 Å². The molecule has 0 aliphatic heterocycles. The largest absolute Gasteiger partial charge is 0.495 e. The van der Waals surface area contributed by atoms with E-state index in [4.69, 9.17) is 9.47 Å². The number of methoxy groups -OCH3 is 2. The molecule has 0 heterocycles. The van der Waals surface area contributed by atoms with Gasteiger partial charge in [-0.2, -0.15) is 0 Å². The van der Waals surface area contributed by atoms with Gasteiger partial charge in [0.1, 0.15) is 33.6 Å². The van der Waals surface area contributed by atoms with Gasteiger partial charge in [-0.3, -0.25) is 0 Å². The highest BCUT2D eigenvalue weighted by Crippen LogP contribution is 2.42. The molecule has 5 nitrogen and oxygen atoms in total. The van der Waals surface area contributed by atoms with Gasteiger partial charge in [-0.15, -0.1) is 10.2 Å². The van der Waals surface area contributed by atoms with Crippen molar-refractivity contribution in [2.75, 3.05) is 14.2 Å². The molecule has 0 radical (unpaired) electrons. The van der Waals surface area contributed by atoms with Crippen molar-refractivity contribution in [3.63, 3.8) is 0 Å². The van der Waals surface area contributed by atoms with Gasteiger partial charge in [-0.1, -0.05) is 17.7 Å². The first kappa shape index (κ1) is 20.6. The lowest BCUT2D eigenvalue weighted by molar-refractivity contribution is 0.394. The van der Waals surface area contributed by atoms with Gasteiger partial charge in [0.15, 0.2) is 5.82 Å². The molecule has 0 amide bonds. The van der Waals surface area contributed by atoms with Gasteiger partial charge in [-0.25, -0.2) is 13.0 Å². The Labute approximate surface area is 169 Å². The fourth-order valence-corrected chi connectivity index (χ4v) is 3.85. The first-order valence-corrected chi connectivity index (χ1v) is 9.69. The lowest BCUT2D eigenvalue weighted by atomic mass is 10.2. The van der Waals surface area contributed by atoms with Crippen LogP contribution in [0.25, 0.3) is 0 Å². The zero-order chi connectivity index (χ0) is 21.0. The number of benzene rings is 3. The molecule has 0 spiro atoms. The van der Waals surface area contributed by atoms with Gasteiger partial charge in [-0.05, 0) is 43.3 Å². The second-order valence-corrected chi connectivity index (χ2v) is 7.44. The third-order valence-corrected chi connectivity index (χ3v) is 5.55. The summed E-state index contributed by atoms with van der Waals surface area (Å²) in [6.45, 7) is 1.92. The molecule has 3 aromatic carbocycles. The maximum absolute atomic E-state index is 13.9. The average Bonchev–Trinajstić information content (AvgIpc) is 2.73. The first-order valence-electron chi connectivity index (χ1n) is 8.54. The summed E-state index contributed by atoms with van der Waals surface area (Å²) in [5, 5.41) is 7.85. The number of rotatable bonds is 6. The topological polar surface area (TPSA) is 60.2 Å². The van der Waals surface area contributed by atoms with Gasteiger partial charge in [0, 0.05) is 11.0 Å². The summed E-state index contributed by atoms with van der Waals surface area (Å²) in [4.78, 5) is 0.742. The smallest absolute Gasteiger partial charge is 0.150 e. The van der Waals surface area contributed by atoms with Crippen LogP contribution < -0.4 is 9.47 Å². The van der Waals surface area contributed by atoms with Gasteiger partial charge in [0.2, 0.25) is 0 Å². The maximum Gasteiger partial charge on any atom is 0.150 e. The third-order valence-electron chi connectivity index (χ3n) is 4.08. The SMILES string of the molecule is COc1ccc(OC)c(S(=O)c2ccc(C)cc2)c1N=Nc1cc(F)ccc1F. The van der Waals surface area contributed by atoms with Crippen LogP contribution in [-0.4, -0.2) is 18.4 Å². The minimum atomic E-state index is -1.68. The lowest BCUT2D eigenvalue weighted by Crippen LogP contribution is -1.99. The van der Waals surface area contributed by atoms with Crippen LogP contribution in [0.4, 0.5) is 20.2 Å². The van der Waals surface area contributed by atoms with Crippen LogP contribution in [0.15, 0.2) is 74.6 Å². The van der Waals surface area contributed by atoms with E-state index in [0.29, 0.717) is 10.6 Å². The molecular formula is C21H18F2N2O3S. The van der Waals surface area contributed by atoms with Crippen molar-refractivity contribution in [3.8, 4) is 11.5 Å². The van der Waals surface area contributed by atoms with Gasteiger partial charge in [0.25, 0.3) is 0 Å². The summed E-state index contributed by atoms with van der Waals surface area (Å²) in [6, 6.07) is 13.2. The minimum absolute atomic E-state index is 0.106. The Morgan fingerprint density at radius 3 is 2.17 bits per heavy atom. The molecule has 0 aliphatic carbocycles. The second kappa shape index (κ2) is 8.91. The first-order chi connectivity index (χ1) is 13.9. The molecule has 0 saturated heterocycles. The Hall–Kier alpha value is -3.13. The predicted octanol–water partition coefficient (Wildman–Crippen LogP) is 5.87. The number of ether oxygens (including phenoxy) is 2. The molecule has 150 valence electrons. The molecule has 0 N–H and O–H groups in total. The fraction of sp³-hybridized carbons (Fsp3) is 0.143. The standard InChI is InChI=1S/C21H18F2N2O3S/c1-13-4-7-15(8-5-13)29(26)21-19(28-3)11-10-18(27-2)20(21)25-24-17-12-14(22)6-9-16(17)23/h4-12H,1-3H3. The Morgan fingerprint density at radius 1 is 0.862 bits per heavy atom. The Bertz CT molecular complexity index is 1090. The summed E-state index contributed by atoms with van der Waals surface area (Å²) in [6.07, 6.45) is 0. The number of hydrogen-bond donors (Lipinski definition) is 0. The van der Waals surface area contributed by atoms with E-state index in [1.165, 1.54) is 14.2 Å². The van der Waals surface area contributed by atoms with Gasteiger partial charge in [0.05, 0.1) is 25.0 Å². The van der Waals surface area contributed by atoms with Crippen molar-refractivity contribution in [2.45, 2.75) is 16.7 Å². The summed E-state index contributed by atoms with van der Waals surface area (Å²) >= 11 is 0. The van der Waals surface area contributed by atoms with Crippen molar-refractivity contribution in [1.82, 2.24) is 0 Å². The third kappa shape index (κ3) is 4.48. The number of nitrogens with zero attached hydrogens (tertiary/aromatic N) is 2. The molecule has 8 heteroatoms. The highest BCUT2D eigenvalue weighted by Gasteiger charge is 2.22.